The molecule has 0 N–H and O–H groups in total. The van der Waals surface area contributed by atoms with Gasteiger partial charge in [-0.25, -0.2) is 0 Å². The van der Waals surface area contributed by atoms with Gasteiger partial charge in [0.15, 0.2) is 0 Å². The van der Waals surface area contributed by atoms with Gasteiger partial charge in [0.2, 0.25) is 0 Å². The number of benzene rings is 6. The van der Waals surface area contributed by atoms with Gasteiger partial charge in [-0.15, -0.1) is 0 Å². The van der Waals surface area contributed by atoms with Gasteiger partial charge in [-0.05, 0) is 90.5 Å². The molecule has 0 nitrogen and oxygen atoms in total. The van der Waals surface area contributed by atoms with E-state index in [4.69, 9.17) is 0 Å². The van der Waals surface area contributed by atoms with Gasteiger partial charge >= 0.3 is 0 Å². The van der Waals surface area contributed by atoms with Crippen molar-refractivity contribution in [2.45, 2.75) is 25.7 Å². The van der Waals surface area contributed by atoms with Crippen LogP contribution in [-0.4, -0.2) is 0 Å². The first-order chi connectivity index (χ1) is 18.8. The smallest absolute Gasteiger partial charge is 0.0311 e. The Morgan fingerprint density at radius 1 is 0.605 bits per heavy atom. The summed E-state index contributed by atoms with van der Waals surface area (Å²) in [5, 5.41) is 5.24. The van der Waals surface area contributed by atoms with Gasteiger partial charge in [0.25, 0.3) is 0 Å². The van der Waals surface area contributed by atoms with E-state index in [2.05, 4.69) is 128 Å². The predicted octanol–water partition coefficient (Wildman–Crippen LogP) is 10.2. The van der Waals surface area contributed by atoms with Crippen LogP contribution >= 0.6 is 0 Å². The van der Waals surface area contributed by atoms with E-state index in [1.807, 2.05) is 0 Å². The first-order valence-corrected chi connectivity index (χ1v) is 13.8. The van der Waals surface area contributed by atoms with Gasteiger partial charge < -0.3 is 0 Å². The van der Waals surface area contributed by atoms with Crippen molar-refractivity contribution < 1.29 is 0 Å². The molecule has 0 aliphatic heterocycles. The van der Waals surface area contributed by atoms with Crippen LogP contribution in [0.4, 0.5) is 0 Å². The van der Waals surface area contributed by atoms with Crippen LogP contribution in [0.25, 0.3) is 49.9 Å². The maximum absolute atomic E-state index is 2.51. The van der Waals surface area contributed by atoms with E-state index in [-0.39, 0.29) is 0 Å². The Balaban J connectivity index is 1.38. The van der Waals surface area contributed by atoms with Crippen molar-refractivity contribution in [3.05, 3.63) is 149 Å². The number of allylic oxidation sites excluding steroid dienone is 1. The summed E-state index contributed by atoms with van der Waals surface area (Å²) >= 11 is 0. The Kier molecular flexibility index (Phi) is 4.73. The number of hydrogen-bond donors (Lipinski definition) is 0. The van der Waals surface area contributed by atoms with Crippen molar-refractivity contribution in [1.29, 1.82) is 0 Å². The number of fused-ring (bicyclic) bond motifs is 6. The van der Waals surface area contributed by atoms with Gasteiger partial charge in [0, 0.05) is 5.92 Å². The molecule has 0 saturated heterocycles. The Morgan fingerprint density at radius 3 is 2.00 bits per heavy atom. The average Bonchev–Trinajstić information content (AvgIpc) is 3.54. The Hall–Kier alpha value is -4.42. The molecule has 0 spiro atoms. The van der Waals surface area contributed by atoms with Gasteiger partial charge in [0.1, 0.15) is 0 Å². The maximum Gasteiger partial charge on any atom is 0.0311 e. The molecule has 2 aliphatic carbocycles. The lowest BCUT2D eigenvalue weighted by molar-refractivity contribution is 0.895. The van der Waals surface area contributed by atoms with Crippen LogP contribution in [0.5, 0.6) is 0 Å². The first kappa shape index (κ1) is 21.6. The third kappa shape index (κ3) is 3.04. The molecule has 0 heterocycles. The monoisotopic (exact) mass is 484 g/mol. The van der Waals surface area contributed by atoms with Crippen molar-refractivity contribution in [3.63, 3.8) is 0 Å². The fraction of sp³-hybridized carbons (Fsp3) is 0.105. The van der Waals surface area contributed by atoms with Gasteiger partial charge in [-0.3, -0.25) is 0 Å². The average molecular weight is 485 g/mol. The van der Waals surface area contributed by atoms with Crippen molar-refractivity contribution >= 4 is 27.6 Å². The topological polar surface area (TPSA) is 0 Å². The second kappa shape index (κ2) is 8.30. The first-order valence-electron chi connectivity index (χ1n) is 13.8. The number of hydrogen-bond acceptors (Lipinski definition) is 0. The highest BCUT2D eigenvalue weighted by atomic mass is 14.4. The molecule has 1 atom stereocenters. The van der Waals surface area contributed by atoms with Crippen LogP contribution < -0.4 is 0 Å². The molecule has 180 valence electrons. The molecule has 1 unspecified atom stereocenters. The lowest BCUT2D eigenvalue weighted by Crippen LogP contribution is -2.05. The molecule has 6 aromatic carbocycles. The third-order valence-electron chi connectivity index (χ3n) is 8.80. The summed E-state index contributed by atoms with van der Waals surface area (Å²) in [5.41, 5.74) is 14.3. The van der Waals surface area contributed by atoms with Crippen molar-refractivity contribution in [1.82, 2.24) is 0 Å². The largest absolute Gasteiger partial charge is 0.0619 e. The van der Waals surface area contributed by atoms with Crippen LogP contribution in [0, 0.1) is 0 Å². The zero-order valence-electron chi connectivity index (χ0n) is 21.5. The summed E-state index contributed by atoms with van der Waals surface area (Å²) in [4.78, 5) is 0. The van der Waals surface area contributed by atoms with Crippen LogP contribution in [0.2, 0.25) is 0 Å². The van der Waals surface area contributed by atoms with E-state index < -0.39 is 0 Å². The van der Waals surface area contributed by atoms with E-state index in [1.165, 1.54) is 77.2 Å². The van der Waals surface area contributed by atoms with Crippen molar-refractivity contribution in [3.8, 4) is 22.3 Å². The molecule has 0 bridgehead atoms. The lowest BCUT2D eigenvalue weighted by atomic mass is 9.82. The van der Waals surface area contributed by atoms with Crippen LogP contribution in [0.1, 0.15) is 47.1 Å². The highest BCUT2D eigenvalue weighted by Crippen LogP contribution is 2.50. The Bertz CT molecular complexity index is 1880. The van der Waals surface area contributed by atoms with Crippen LogP contribution in [0.3, 0.4) is 0 Å². The SMILES string of the molecule is CCC1=Cc2c(-c3c4ccccc4cc4ccccc34)cccc2C1c1cccc2c1Cc1ccccc1-2. The van der Waals surface area contributed by atoms with E-state index in [0.717, 1.165) is 12.8 Å². The van der Waals surface area contributed by atoms with E-state index in [1.54, 1.807) is 0 Å². The lowest BCUT2D eigenvalue weighted by Gasteiger charge is -2.21. The summed E-state index contributed by atoms with van der Waals surface area (Å²) < 4.78 is 0. The quantitative estimate of drug-likeness (QED) is 0.219. The molecule has 0 aromatic heterocycles. The van der Waals surface area contributed by atoms with Crippen LogP contribution in [-0.2, 0) is 6.42 Å². The summed E-state index contributed by atoms with van der Waals surface area (Å²) in [6.07, 6.45) is 4.58. The second-order valence-corrected chi connectivity index (χ2v) is 10.7. The second-order valence-electron chi connectivity index (χ2n) is 10.7. The minimum atomic E-state index is 0.306. The highest BCUT2D eigenvalue weighted by molar-refractivity contribution is 6.14. The predicted molar refractivity (Wildman–Crippen MR) is 162 cm³/mol. The minimum Gasteiger partial charge on any atom is -0.0619 e. The summed E-state index contributed by atoms with van der Waals surface area (Å²) in [6, 6.07) is 42.9. The molecular formula is C38H28. The molecule has 6 aromatic rings. The minimum absolute atomic E-state index is 0.306. The fourth-order valence-corrected chi connectivity index (χ4v) is 7.11. The molecule has 0 amide bonds. The zero-order chi connectivity index (χ0) is 25.2. The molecule has 0 fully saturated rings. The Morgan fingerprint density at radius 2 is 1.24 bits per heavy atom. The molecule has 0 saturated carbocycles. The maximum atomic E-state index is 2.51. The van der Waals surface area contributed by atoms with Crippen molar-refractivity contribution in [2.24, 2.45) is 0 Å². The standard InChI is InChI=1S/C38H28/c1-2-24-22-36-33(37(24)32-18-9-17-31-28-14-6-3-13-27(28)23-35(31)32)19-10-20-34(36)38-29-15-7-4-11-25(29)21-26-12-5-8-16-30(26)38/h3-22,37H,2,23H2,1H3. The van der Waals surface area contributed by atoms with Crippen LogP contribution in [0.15, 0.2) is 121 Å². The fourth-order valence-electron chi connectivity index (χ4n) is 7.11. The zero-order valence-corrected chi connectivity index (χ0v) is 21.5. The molecular weight excluding hydrogens is 456 g/mol. The Labute approximate surface area is 223 Å². The summed E-state index contributed by atoms with van der Waals surface area (Å²) in [5.74, 6) is 0.306. The summed E-state index contributed by atoms with van der Waals surface area (Å²) in [7, 11) is 0. The normalized spacial score (nSPS) is 15.4. The van der Waals surface area contributed by atoms with Crippen molar-refractivity contribution in [2.75, 3.05) is 0 Å². The van der Waals surface area contributed by atoms with Gasteiger partial charge in [-0.2, -0.15) is 0 Å². The third-order valence-corrected chi connectivity index (χ3v) is 8.80. The summed E-state index contributed by atoms with van der Waals surface area (Å²) in [6.45, 7) is 2.32. The molecule has 0 heteroatoms. The van der Waals surface area contributed by atoms with E-state index in [0.29, 0.717) is 5.92 Å². The molecule has 0 radical (unpaired) electrons. The van der Waals surface area contributed by atoms with Gasteiger partial charge in [-0.1, -0.05) is 128 Å². The number of rotatable bonds is 3. The molecule has 2 aliphatic rings. The molecule has 38 heavy (non-hydrogen) atoms. The van der Waals surface area contributed by atoms with E-state index in [9.17, 15) is 0 Å². The van der Waals surface area contributed by atoms with Gasteiger partial charge in [0.05, 0.1) is 0 Å². The highest BCUT2D eigenvalue weighted by Gasteiger charge is 2.32. The van der Waals surface area contributed by atoms with E-state index >= 15 is 0 Å². The molecule has 8 rings (SSSR count).